The molecule has 0 aliphatic rings. The number of halogens is 1. The average molecular weight is 492 g/mol. The Labute approximate surface area is 171 Å². The molecule has 0 fully saturated rings. The van der Waals surface area contributed by atoms with Crippen LogP contribution in [0.25, 0.3) is 11.5 Å². The van der Waals surface area contributed by atoms with E-state index in [2.05, 4.69) is 20.6 Å². The van der Waals surface area contributed by atoms with Gasteiger partial charge in [0.2, 0.25) is 5.89 Å². The van der Waals surface area contributed by atoms with Crippen LogP contribution in [0.3, 0.4) is 0 Å². The van der Waals surface area contributed by atoms with Gasteiger partial charge in [-0.3, -0.25) is 4.99 Å². The second-order valence-corrected chi connectivity index (χ2v) is 8.11. The second kappa shape index (κ2) is 10.5. The molecule has 9 heteroatoms. The van der Waals surface area contributed by atoms with E-state index in [1.54, 1.807) is 13.3 Å². The predicted molar refractivity (Wildman–Crippen MR) is 115 cm³/mol. The van der Waals surface area contributed by atoms with Gasteiger partial charge in [-0.25, -0.2) is 13.4 Å². The molecule has 0 aliphatic carbocycles. The Morgan fingerprint density at radius 3 is 2.54 bits per heavy atom. The summed E-state index contributed by atoms with van der Waals surface area (Å²) < 4.78 is 27.7. The summed E-state index contributed by atoms with van der Waals surface area (Å²) >= 11 is 0. The SMILES string of the molecule is CN=C(NCCCS(C)(=O)=O)NCc1coc(-c2ccc(C)cc2)n1.I. The van der Waals surface area contributed by atoms with Crippen molar-refractivity contribution in [1.82, 2.24) is 15.6 Å². The number of aryl methyl sites for hydroxylation is 1. The smallest absolute Gasteiger partial charge is 0.226 e. The summed E-state index contributed by atoms with van der Waals surface area (Å²) in [6.45, 7) is 3.02. The van der Waals surface area contributed by atoms with Crippen LogP contribution >= 0.6 is 24.0 Å². The van der Waals surface area contributed by atoms with E-state index in [0.717, 1.165) is 11.3 Å². The van der Waals surface area contributed by atoms with Crippen molar-refractivity contribution in [2.75, 3.05) is 25.6 Å². The van der Waals surface area contributed by atoms with E-state index in [1.165, 1.54) is 11.8 Å². The topological polar surface area (TPSA) is 96.6 Å². The zero-order chi connectivity index (χ0) is 18.3. The minimum absolute atomic E-state index is 0. The van der Waals surface area contributed by atoms with Crippen LogP contribution in [0.2, 0.25) is 0 Å². The van der Waals surface area contributed by atoms with Crippen molar-refractivity contribution in [3.63, 3.8) is 0 Å². The zero-order valence-corrected chi connectivity index (χ0v) is 18.3. The quantitative estimate of drug-likeness (QED) is 0.267. The van der Waals surface area contributed by atoms with Crippen LogP contribution in [-0.2, 0) is 16.4 Å². The molecule has 0 radical (unpaired) electrons. The van der Waals surface area contributed by atoms with Crippen molar-refractivity contribution in [2.24, 2.45) is 4.99 Å². The molecule has 0 saturated heterocycles. The Bertz CT molecular complexity index is 817. The molecule has 0 spiro atoms. The number of oxazole rings is 1. The van der Waals surface area contributed by atoms with Gasteiger partial charge in [0.1, 0.15) is 16.1 Å². The van der Waals surface area contributed by atoms with E-state index in [4.69, 9.17) is 4.42 Å². The van der Waals surface area contributed by atoms with Gasteiger partial charge in [-0.1, -0.05) is 17.7 Å². The first-order valence-electron chi connectivity index (χ1n) is 8.01. The first-order chi connectivity index (χ1) is 11.9. The summed E-state index contributed by atoms with van der Waals surface area (Å²) in [4.78, 5) is 8.55. The van der Waals surface area contributed by atoms with Crippen molar-refractivity contribution < 1.29 is 12.8 Å². The van der Waals surface area contributed by atoms with E-state index >= 15 is 0 Å². The fraction of sp³-hybridized carbons (Fsp3) is 0.412. The lowest BCUT2D eigenvalue weighted by molar-refractivity contribution is 0.572. The lowest BCUT2D eigenvalue weighted by Crippen LogP contribution is -2.37. The van der Waals surface area contributed by atoms with Crippen molar-refractivity contribution in [3.05, 3.63) is 41.8 Å². The molecule has 1 aromatic heterocycles. The summed E-state index contributed by atoms with van der Waals surface area (Å²) in [7, 11) is -1.27. The van der Waals surface area contributed by atoms with Gasteiger partial charge in [-0.15, -0.1) is 24.0 Å². The highest BCUT2D eigenvalue weighted by Gasteiger charge is 2.07. The molecule has 0 atom stereocenters. The maximum atomic E-state index is 11.1. The van der Waals surface area contributed by atoms with Crippen LogP contribution in [0.4, 0.5) is 0 Å². The number of rotatable bonds is 7. The number of benzene rings is 1. The minimum Gasteiger partial charge on any atom is -0.444 e. The molecule has 7 nitrogen and oxygen atoms in total. The lowest BCUT2D eigenvalue weighted by atomic mass is 10.1. The normalized spacial score (nSPS) is 11.7. The number of hydrogen-bond acceptors (Lipinski definition) is 5. The van der Waals surface area contributed by atoms with Gasteiger partial charge in [-0.2, -0.15) is 0 Å². The Kier molecular flexibility index (Phi) is 9.06. The molecule has 0 saturated carbocycles. The Balaban J connectivity index is 0.00000338. The maximum absolute atomic E-state index is 11.1. The molecule has 0 amide bonds. The number of nitrogens with one attached hydrogen (secondary N) is 2. The molecule has 0 unspecified atom stereocenters. The van der Waals surface area contributed by atoms with Gasteiger partial charge >= 0.3 is 0 Å². The Morgan fingerprint density at radius 1 is 1.23 bits per heavy atom. The average Bonchev–Trinajstić information content (AvgIpc) is 3.03. The van der Waals surface area contributed by atoms with Gasteiger partial charge in [0.15, 0.2) is 5.96 Å². The van der Waals surface area contributed by atoms with Crippen molar-refractivity contribution in [3.8, 4) is 11.5 Å². The van der Waals surface area contributed by atoms with Gasteiger partial charge < -0.3 is 15.1 Å². The lowest BCUT2D eigenvalue weighted by Gasteiger charge is -2.10. The molecule has 1 aromatic carbocycles. The van der Waals surface area contributed by atoms with Crippen molar-refractivity contribution >= 4 is 39.8 Å². The summed E-state index contributed by atoms with van der Waals surface area (Å²) in [5.41, 5.74) is 2.87. The number of aromatic nitrogens is 1. The summed E-state index contributed by atoms with van der Waals surface area (Å²) in [6.07, 6.45) is 3.37. The van der Waals surface area contributed by atoms with E-state index in [9.17, 15) is 8.42 Å². The monoisotopic (exact) mass is 492 g/mol. The third kappa shape index (κ3) is 7.73. The van der Waals surface area contributed by atoms with Gasteiger partial charge in [0.25, 0.3) is 0 Å². The minimum atomic E-state index is -2.93. The molecule has 1 heterocycles. The fourth-order valence-electron chi connectivity index (χ4n) is 2.15. The summed E-state index contributed by atoms with van der Waals surface area (Å²) in [5, 5.41) is 6.20. The van der Waals surface area contributed by atoms with Crippen LogP contribution in [0.5, 0.6) is 0 Å². The maximum Gasteiger partial charge on any atom is 0.226 e. The first kappa shape index (κ1) is 22.4. The number of nitrogens with zero attached hydrogens (tertiary/aromatic N) is 2. The third-order valence-electron chi connectivity index (χ3n) is 3.50. The zero-order valence-electron chi connectivity index (χ0n) is 15.2. The van der Waals surface area contributed by atoms with Crippen molar-refractivity contribution in [2.45, 2.75) is 19.9 Å². The molecular formula is C17H25IN4O3S. The first-order valence-corrected chi connectivity index (χ1v) is 10.1. The standard InChI is InChI=1S/C17H24N4O3S.HI/c1-13-5-7-14(8-6-13)16-21-15(12-24-16)11-20-17(18-2)19-9-4-10-25(3,22)23;/h5-8,12H,4,9-11H2,1-3H3,(H2,18,19,20);1H. The van der Waals surface area contributed by atoms with E-state index in [0.29, 0.717) is 31.4 Å². The van der Waals surface area contributed by atoms with Crippen LogP contribution in [0, 0.1) is 6.92 Å². The highest BCUT2D eigenvalue weighted by Crippen LogP contribution is 2.18. The van der Waals surface area contributed by atoms with Crippen molar-refractivity contribution in [1.29, 1.82) is 0 Å². The molecule has 0 aliphatic heterocycles. The summed E-state index contributed by atoms with van der Waals surface area (Å²) in [5.74, 6) is 1.32. The number of aliphatic imine (C=N–C) groups is 1. The van der Waals surface area contributed by atoms with E-state index in [-0.39, 0.29) is 29.7 Å². The molecular weight excluding hydrogens is 467 g/mol. The van der Waals surface area contributed by atoms with Crippen LogP contribution in [-0.4, -0.2) is 45.0 Å². The Hall–Kier alpha value is -1.62. The highest BCUT2D eigenvalue weighted by atomic mass is 127. The third-order valence-corrected chi connectivity index (χ3v) is 4.53. The molecule has 2 N–H and O–H groups in total. The van der Waals surface area contributed by atoms with Gasteiger partial charge in [0, 0.05) is 25.4 Å². The van der Waals surface area contributed by atoms with Crippen LogP contribution in [0.15, 0.2) is 39.9 Å². The Morgan fingerprint density at radius 2 is 1.92 bits per heavy atom. The molecule has 2 aromatic rings. The van der Waals surface area contributed by atoms with Gasteiger partial charge in [-0.05, 0) is 25.5 Å². The molecule has 2 rings (SSSR count). The van der Waals surface area contributed by atoms with E-state index in [1.807, 2.05) is 31.2 Å². The fourth-order valence-corrected chi connectivity index (χ4v) is 2.82. The highest BCUT2D eigenvalue weighted by molar-refractivity contribution is 14.0. The summed E-state index contributed by atoms with van der Waals surface area (Å²) in [6, 6.07) is 7.97. The van der Waals surface area contributed by atoms with Crippen LogP contribution in [0.1, 0.15) is 17.7 Å². The second-order valence-electron chi connectivity index (χ2n) is 5.85. The number of hydrogen-bond donors (Lipinski definition) is 2. The van der Waals surface area contributed by atoms with Crippen LogP contribution < -0.4 is 10.6 Å². The largest absolute Gasteiger partial charge is 0.444 e. The molecule has 0 bridgehead atoms. The predicted octanol–water partition coefficient (Wildman–Crippen LogP) is 2.37. The molecule has 26 heavy (non-hydrogen) atoms. The molecule has 144 valence electrons. The van der Waals surface area contributed by atoms with Gasteiger partial charge in [0.05, 0.1) is 18.0 Å². The number of sulfone groups is 1. The number of guanidine groups is 1. The van der Waals surface area contributed by atoms with E-state index < -0.39 is 9.84 Å².